The molecule has 3 fully saturated rings. The highest BCUT2D eigenvalue weighted by atomic mass is 32.1. The van der Waals surface area contributed by atoms with Crippen LogP contribution in [0, 0.1) is 46.3 Å². The summed E-state index contributed by atoms with van der Waals surface area (Å²) in [6, 6.07) is 2.03. The van der Waals surface area contributed by atoms with Crippen molar-refractivity contribution in [2.45, 2.75) is 118 Å². The lowest BCUT2D eigenvalue weighted by atomic mass is 9.47. The maximum atomic E-state index is 12.6. The van der Waals surface area contributed by atoms with Crippen LogP contribution in [0.5, 0.6) is 0 Å². The molecule has 0 amide bonds. The number of hydrogen-bond donors (Lipinski definition) is 0. The van der Waals surface area contributed by atoms with Gasteiger partial charge in [-0.05, 0) is 114 Å². The molecule has 200 valence electrons. The van der Waals surface area contributed by atoms with Crippen LogP contribution in [0.15, 0.2) is 28.5 Å². The summed E-state index contributed by atoms with van der Waals surface area (Å²) in [6.45, 7) is 12.6. The van der Waals surface area contributed by atoms with Crippen LogP contribution in [0.25, 0.3) is 0 Å². The molecular weight excluding hydrogens is 460 g/mol. The van der Waals surface area contributed by atoms with E-state index >= 15 is 0 Å². The van der Waals surface area contributed by atoms with Gasteiger partial charge in [0.2, 0.25) is 0 Å². The summed E-state index contributed by atoms with van der Waals surface area (Å²) >= 11 is 1.65. The summed E-state index contributed by atoms with van der Waals surface area (Å²) in [5.41, 5.74) is 3.57. The number of rotatable bonds is 8. The minimum atomic E-state index is -0.0516. The average Bonchev–Trinajstić information content (AvgIpc) is 3.46. The average molecular weight is 511 g/mol. The van der Waals surface area contributed by atoms with Crippen LogP contribution in [0.2, 0.25) is 0 Å². The van der Waals surface area contributed by atoms with E-state index in [0.717, 1.165) is 53.9 Å². The number of carbonyl (C=O) groups excluding carboxylic acids is 1. The molecule has 0 radical (unpaired) electrons. The normalized spacial score (nSPS) is 38.6. The number of esters is 1. The molecule has 0 bridgehead atoms. The van der Waals surface area contributed by atoms with Gasteiger partial charge in [-0.2, -0.15) is 11.3 Å². The van der Waals surface area contributed by atoms with Crippen molar-refractivity contribution in [2.75, 3.05) is 0 Å². The highest BCUT2D eigenvalue weighted by Crippen LogP contribution is 2.67. The number of carbonyl (C=O) groups is 1. The molecule has 0 aliphatic heterocycles. The third-order valence-electron chi connectivity index (χ3n) is 11.5. The Balaban J connectivity index is 1.23. The van der Waals surface area contributed by atoms with Crippen LogP contribution < -0.4 is 0 Å². The Hall–Kier alpha value is -1.09. The van der Waals surface area contributed by atoms with E-state index < -0.39 is 0 Å². The van der Waals surface area contributed by atoms with E-state index in [9.17, 15) is 4.79 Å². The van der Waals surface area contributed by atoms with Crippen molar-refractivity contribution in [2.24, 2.45) is 46.3 Å². The fraction of sp³-hybridized carbons (Fsp3) is 0.788. The first-order valence-electron chi connectivity index (χ1n) is 15.1. The van der Waals surface area contributed by atoms with Crippen LogP contribution in [0.4, 0.5) is 0 Å². The van der Waals surface area contributed by atoms with Crippen molar-refractivity contribution in [1.29, 1.82) is 0 Å². The Labute approximate surface area is 224 Å². The third kappa shape index (κ3) is 4.99. The largest absolute Gasteiger partial charge is 0.462 e. The number of allylic oxidation sites excluding steroid dienone is 1. The molecule has 4 unspecified atom stereocenters. The Morgan fingerprint density at radius 3 is 2.67 bits per heavy atom. The molecule has 4 aliphatic carbocycles. The summed E-state index contributed by atoms with van der Waals surface area (Å²) < 4.78 is 5.99. The van der Waals surface area contributed by atoms with Gasteiger partial charge >= 0.3 is 5.97 Å². The zero-order chi connectivity index (χ0) is 25.5. The Morgan fingerprint density at radius 1 is 1.08 bits per heavy atom. The van der Waals surface area contributed by atoms with Gasteiger partial charge in [0, 0.05) is 6.42 Å². The fourth-order valence-electron chi connectivity index (χ4n) is 9.54. The van der Waals surface area contributed by atoms with Gasteiger partial charge in [-0.25, -0.2) is 0 Å². The summed E-state index contributed by atoms with van der Waals surface area (Å²) in [7, 11) is 0. The van der Waals surface area contributed by atoms with E-state index in [2.05, 4.69) is 46.1 Å². The van der Waals surface area contributed by atoms with Crippen molar-refractivity contribution in [1.82, 2.24) is 0 Å². The van der Waals surface area contributed by atoms with E-state index in [1.54, 1.807) is 16.9 Å². The highest BCUT2D eigenvalue weighted by molar-refractivity contribution is 7.08. The van der Waals surface area contributed by atoms with E-state index in [1.807, 2.05) is 11.4 Å². The third-order valence-corrected chi connectivity index (χ3v) is 12.2. The van der Waals surface area contributed by atoms with Gasteiger partial charge in [0.1, 0.15) is 6.10 Å². The van der Waals surface area contributed by atoms with E-state index in [1.165, 1.54) is 57.8 Å². The predicted molar refractivity (Wildman–Crippen MR) is 151 cm³/mol. The molecule has 3 heteroatoms. The lowest BCUT2D eigenvalue weighted by Crippen LogP contribution is -2.51. The van der Waals surface area contributed by atoms with Crippen LogP contribution in [0.3, 0.4) is 0 Å². The standard InChI is InChI=1S/C33H50O2S/c1-22(2)7-6-8-23(3)28-11-12-29-27-10-9-25-20-26(35-31(34)19-24-15-18-36-21-24)13-16-32(25,4)30(27)14-17-33(28,29)5/h9,15,18,21-23,26-30H,6-8,10-14,16-17,19-20H2,1-5H3/t23-,26?,27?,28-,29?,30?,32+,33-/m1/s1. The molecule has 0 N–H and O–H groups in total. The molecule has 3 saturated carbocycles. The van der Waals surface area contributed by atoms with E-state index in [-0.39, 0.29) is 12.1 Å². The van der Waals surface area contributed by atoms with Crippen LogP contribution >= 0.6 is 11.3 Å². The first kappa shape index (κ1) is 26.5. The Morgan fingerprint density at radius 2 is 1.92 bits per heavy atom. The SMILES string of the molecule is CC(C)CCC[C@@H](C)[C@H]1CCC2C3CC=C4CC(OC(=O)Cc5ccsc5)CC[C@]4(C)C3CC[C@@]21C. The molecule has 1 heterocycles. The van der Waals surface area contributed by atoms with Crippen molar-refractivity contribution in [3.8, 4) is 0 Å². The second-order valence-electron chi connectivity index (χ2n) is 14.0. The molecular formula is C33H50O2S. The lowest BCUT2D eigenvalue weighted by Gasteiger charge is -2.58. The monoisotopic (exact) mass is 510 g/mol. The first-order valence-corrected chi connectivity index (χ1v) is 16.0. The zero-order valence-corrected chi connectivity index (χ0v) is 24.4. The highest BCUT2D eigenvalue weighted by Gasteiger charge is 2.59. The first-order chi connectivity index (χ1) is 17.2. The molecule has 0 spiro atoms. The van der Waals surface area contributed by atoms with Gasteiger partial charge in [0.25, 0.3) is 0 Å². The maximum Gasteiger partial charge on any atom is 0.310 e. The molecule has 2 nitrogen and oxygen atoms in total. The van der Waals surface area contributed by atoms with Gasteiger partial charge in [0.05, 0.1) is 6.42 Å². The smallest absolute Gasteiger partial charge is 0.310 e. The number of fused-ring (bicyclic) bond motifs is 5. The minimum absolute atomic E-state index is 0.0516. The molecule has 0 aromatic carbocycles. The molecule has 1 aromatic rings. The van der Waals surface area contributed by atoms with Gasteiger partial charge in [-0.1, -0.05) is 65.5 Å². The Kier molecular flexibility index (Phi) is 7.79. The number of hydrogen-bond acceptors (Lipinski definition) is 3. The van der Waals surface area contributed by atoms with Crippen molar-refractivity contribution in [3.05, 3.63) is 34.0 Å². The summed E-state index contributed by atoms with van der Waals surface area (Å²) in [4.78, 5) is 12.6. The maximum absolute atomic E-state index is 12.6. The molecule has 4 aliphatic rings. The van der Waals surface area contributed by atoms with Crippen LogP contribution in [-0.4, -0.2) is 12.1 Å². The molecule has 8 atom stereocenters. The topological polar surface area (TPSA) is 26.3 Å². The molecule has 5 rings (SSSR count). The number of thiophene rings is 1. The van der Waals surface area contributed by atoms with Crippen LogP contribution in [-0.2, 0) is 16.0 Å². The van der Waals surface area contributed by atoms with Gasteiger partial charge < -0.3 is 4.74 Å². The van der Waals surface area contributed by atoms with E-state index in [0.29, 0.717) is 17.3 Å². The van der Waals surface area contributed by atoms with Crippen molar-refractivity contribution >= 4 is 17.3 Å². The molecule has 1 aromatic heterocycles. The lowest BCUT2D eigenvalue weighted by molar-refractivity contribution is -0.150. The van der Waals surface area contributed by atoms with Gasteiger partial charge in [0.15, 0.2) is 0 Å². The minimum Gasteiger partial charge on any atom is -0.462 e. The number of ether oxygens (including phenoxy) is 1. The molecule has 0 saturated heterocycles. The van der Waals surface area contributed by atoms with Gasteiger partial charge in [-0.3, -0.25) is 4.79 Å². The predicted octanol–water partition coefficient (Wildman–Crippen LogP) is 9.24. The summed E-state index contributed by atoms with van der Waals surface area (Å²) in [5.74, 6) is 5.18. The second-order valence-corrected chi connectivity index (χ2v) is 14.7. The molecule has 36 heavy (non-hydrogen) atoms. The zero-order valence-electron chi connectivity index (χ0n) is 23.6. The summed E-state index contributed by atoms with van der Waals surface area (Å²) in [6.07, 6.45) is 17.5. The fourth-order valence-corrected chi connectivity index (χ4v) is 10.2. The van der Waals surface area contributed by atoms with Crippen LogP contribution in [0.1, 0.15) is 111 Å². The second kappa shape index (κ2) is 10.6. The summed E-state index contributed by atoms with van der Waals surface area (Å²) in [5, 5.41) is 4.09. The van der Waals surface area contributed by atoms with Gasteiger partial charge in [-0.15, -0.1) is 0 Å². The van der Waals surface area contributed by atoms with E-state index in [4.69, 9.17) is 4.74 Å². The van der Waals surface area contributed by atoms with Crippen molar-refractivity contribution < 1.29 is 9.53 Å². The quantitative estimate of drug-likeness (QED) is 0.257. The Bertz CT molecular complexity index is 931. The van der Waals surface area contributed by atoms with Crippen molar-refractivity contribution in [3.63, 3.8) is 0 Å².